The lowest BCUT2D eigenvalue weighted by molar-refractivity contribution is -0.178. The second-order valence-electron chi connectivity index (χ2n) is 13.2. The summed E-state index contributed by atoms with van der Waals surface area (Å²) in [5.41, 5.74) is 2.09. The van der Waals surface area contributed by atoms with Crippen LogP contribution in [-0.2, 0) is 42.0 Å². The molecule has 4 aliphatic rings. The number of benzene rings is 2. The highest BCUT2D eigenvalue weighted by molar-refractivity contribution is 7.89. The minimum Gasteiger partial charge on any atom is -0.462 e. The standard InChI is InChI=1S/C33H42N2O8S/c1-20(2)15-35(44(39,40)25-10-9-22-16-34(3)32(38)26(22)14-25)17-29(36)23(11-21-7-5-4-6-8-21)13-30(37)43-31-24-12-27-28(31)19-42-33(27)41-18-24/h4-10,14,20,23-24,27-29,31,33,36H,11-13,15-19H2,1-3H3/t23-,24?,27?,28?,29-,31?,33?/m1/s1. The molecule has 3 heterocycles. The summed E-state index contributed by atoms with van der Waals surface area (Å²) in [6.45, 7) is 5.23. The van der Waals surface area contributed by atoms with Gasteiger partial charge in [0.25, 0.3) is 5.91 Å². The van der Waals surface area contributed by atoms with E-state index in [9.17, 15) is 23.1 Å². The molecule has 2 aromatic carbocycles. The van der Waals surface area contributed by atoms with E-state index >= 15 is 0 Å². The first-order valence-corrected chi connectivity index (χ1v) is 17.0. The highest BCUT2D eigenvalue weighted by Gasteiger charge is 2.56. The van der Waals surface area contributed by atoms with Crippen LogP contribution in [0.1, 0.15) is 48.2 Å². The minimum atomic E-state index is -4.06. The van der Waals surface area contributed by atoms with Crippen molar-refractivity contribution in [3.8, 4) is 0 Å². The highest BCUT2D eigenvalue weighted by atomic mass is 32.2. The Morgan fingerprint density at radius 3 is 2.59 bits per heavy atom. The number of hydrogen-bond donors (Lipinski definition) is 1. The Morgan fingerprint density at radius 1 is 1.09 bits per heavy atom. The number of aliphatic hydroxyl groups is 1. The summed E-state index contributed by atoms with van der Waals surface area (Å²) in [4.78, 5) is 27.6. The largest absolute Gasteiger partial charge is 0.462 e. The van der Waals surface area contributed by atoms with Gasteiger partial charge in [0.1, 0.15) is 6.10 Å². The zero-order valence-corrected chi connectivity index (χ0v) is 26.3. The Morgan fingerprint density at radius 2 is 1.84 bits per heavy atom. The minimum absolute atomic E-state index is 0.0124. The predicted octanol–water partition coefficient (Wildman–Crippen LogP) is 3.08. The molecule has 44 heavy (non-hydrogen) atoms. The van der Waals surface area contributed by atoms with Gasteiger partial charge in [-0.2, -0.15) is 4.31 Å². The molecule has 0 spiro atoms. The lowest BCUT2D eigenvalue weighted by Crippen LogP contribution is -2.43. The van der Waals surface area contributed by atoms with Gasteiger partial charge in [0, 0.05) is 55.9 Å². The molecule has 1 amide bonds. The second kappa shape index (κ2) is 12.5. The van der Waals surface area contributed by atoms with Gasteiger partial charge in [-0.05, 0) is 42.0 Å². The fraction of sp³-hybridized carbons (Fsp3) is 0.576. The summed E-state index contributed by atoms with van der Waals surface area (Å²) in [6.07, 6.45) is -0.419. The number of carbonyl (C=O) groups is 2. The third-order valence-corrected chi connectivity index (χ3v) is 11.4. The number of rotatable bonds is 12. The van der Waals surface area contributed by atoms with Crippen LogP contribution in [0.4, 0.5) is 0 Å². The molecule has 1 aliphatic carbocycles. The Hall–Kier alpha value is -2.83. The molecule has 3 fully saturated rings. The summed E-state index contributed by atoms with van der Waals surface area (Å²) in [5, 5.41) is 11.6. The summed E-state index contributed by atoms with van der Waals surface area (Å²) < 4.78 is 46.9. The van der Waals surface area contributed by atoms with Crippen molar-refractivity contribution >= 4 is 21.9 Å². The molecule has 2 saturated heterocycles. The van der Waals surface area contributed by atoms with Crippen molar-refractivity contribution in [2.24, 2.45) is 29.6 Å². The van der Waals surface area contributed by atoms with Gasteiger partial charge >= 0.3 is 5.97 Å². The fourth-order valence-corrected chi connectivity index (χ4v) is 8.94. The fourth-order valence-electron chi connectivity index (χ4n) is 7.30. The predicted molar refractivity (Wildman–Crippen MR) is 161 cm³/mol. The van der Waals surface area contributed by atoms with Gasteiger partial charge in [-0.3, -0.25) is 9.59 Å². The average Bonchev–Trinajstić information content (AvgIpc) is 3.62. The lowest BCUT2D eigenvalue weighted by atomic mass is 9.90. The molecule has 10 nitrogen and oxygen atoms in total. The molecule has 0 aromatic heterocycles. The molecule has 238 valence electrons. The molecule has 7 atom stereocenters. The van der Waals surface area contributed by atoms with E-state index < -0.39 is 28.0 Å². The Labute approximate surface area is 259 Å². The van der Waals surface area contributed by atoms with Crippen molar-refractivity contribution in [3.63, 3.8) is 0 Å². The monoisotopic (exact) mass is 626 g/mol. The quantitative estimate of drug-likeness (QED) is 0.357. The molecule has 2 aromatic rings. The van der Waals surface area contributed by atoms with Gasteiger partial charge in [-0.25, -0.2) is 8.42 Å². The SMILES string of the molecule is CC(C)CN(C[C@@H](O)[C@@H](CC(=O)OC1C2COC3OCC1C3C2)Cc1ccccc1)S(=O)(=O)c1ccc2c(c1)C(=O)N(C)C2. The van der Waals surface area contributed by atoms with Gasteiger partial charge in [0.2, 0.25) is 10.0 Å². The van der Waals surface area contributed by atoms with Crippen molar-refractivity contribution in [2.45, 2.75) is 63.0 Å². The first kappa shape index (κ1) is 31.2. The number of aliphatic hydroxyl groups excluding tert-OH is 1. The Kier molecular flexibility index (Phi) is 8.87. The van der Waals surface area contributed by atoms with Crippen LogP contribution in [0.25, 0.3) is 0 Å². The van der Waals surface area contributed by atoms with Crippen LogP contribution in [0.15, 0.2) is 53.4 Å². The normalized spacial score (nSPS) is 27.2. The number of hydrogen-bond acceptors (Lipinski definition) is 8. The molecule has 6 rings (SSSR count). The van der Waals surface area contributed by atoms with E-state index in [-0.39, 0.29) is 66.4 Å². The smallest absolute Gasteiger partial charge is 0.306 e. The molecule has 1 saturated carbocycles. The molecular weight excluding hydrogens is 584 g/mol. The third-order valence-electron chi connectivity index (χ3n) is 9.53. The van der Waals surface area contributed by atoms with E-state index in [1.807, 2.05) is 44.2 Å². The number of nitrogens with zero attached hydrogens (tertiary/aromatic N) is 2. The van der Waals surface area contributed by atoms with Crippen LogP contribution in [0.2, 0.25) is 0 Å². The number of fused-ring (bicyclic) bond motifs is 2. The van der Waals surface area contributed by atoms with Crippen molar-refractivity contribution < 1.29 is 37.3 Å². The summed E-state index contributed by atoms with van der Waals surface area (Å²) in [5.74, 6) is -0.761. The topological polar surface area (TPSA) is 123 Å². The first-order chi connectivity index (χ1) is 21.0. The maximum Gasteiger partial charge on any atom is 0.306 e. The molecule has 3 aliphatic heterocycles. The zero-order chi connectivity index (χ0) is 31.2. The summed E-state index contributed by atoms with van der Waals surface area (Å²) in [7, 11) is -2.38. The van der Waals surface area contributed by atoms with Crippen LogP contribution in [0.5, 0.6) is 0 Å². The second-order valence-corrected chi connectivity index (χ2v) is 15.2. The van der Waals surface area contributed by atoms with Crippen molar-refractivity contribution in [2.75, 3.05) is 33.4 Å². The van der Waals surface area contributed by atoms with Crippen LogP contribution in [0, 0.1) is 29.6 Å². The number of esters is 1. The number of sulfonamides is 1. The van der Waals surface area contributed by atoms with Crippen LogP contribution in [0.3, 0.4) is 0 Å². The molecule has 11 heteroatoms. The maximum atomic E-state index is 14.0. The Bertz CT molecular complexity index is 1480. The van der Waals surface area contributed by atoms with E-state index in [0.717, 1.165) is 17.5 Å². The van der Waals surface area contributed by atoms with Crippen LogP contribution >= 0.6 is 0 Å². The third kappa shape index (κ3) is 6.17. The first-order valence-electron chi connectivity index (χ1n) is 15.5. The molecule has 2 bridgehead atoms. The van der Waals surface area contributed by atoms with E-state index in [4.69, 9.17) is 14.2 Å². The van der Waals surface area contributed by atoms with Crippen molar-refractivity contribution in [1.82, 2.24) is 9.21 Å². The highest BCUT2D eigenvalue weighted by Crippen LogP contribution is 2.49. The Balaban J connectivity index is 1.21. The molecular formula is C33H42N2O8S. The van der Waals surface area contributed by atoms with Crippen molar-refractivity contribution in [1.29, 1.82) is 0 Å². The van der Waals surface area contributed by atoms with Gasteiger partial charge < -0.3 is 24.2 Å². The maximum absolute atomic E-state index is 14.0. The molecule has 5 unspecified atom stereocenters. The summed E-state index contributed by atoms with van der Waals surface area (Å²) >= 11 is 0. The molecule has 0 radical (unpaired) electrons. The van der Waals surface area contributed by atoms with Crippen molar-refractivity contribution in [3.05, 3.63) is 65.2 Å². The average molecular weight is 627 g/mol. The van der Waals surface area contributed by atoms with E-state index in [1.54, 1.807) is 18.0 Å². The molecule has 1 N–H and O–H groups in total. The van der Waals surface area contributed by atoms with Crippen LogP contribution in [-0.4, -0.2) is 86.5 Å². The number of amides is 1. The lowest BCUT2D eigenvalue weighted by Gasteiger charge is -2.31. The van der Waals surface area contributed by atoms with Gasteiger partial charge in [-0.1, -0.05) is 50.2 Å². The van der Waals surface area contributed by atoms with E-state index in [2.05, 4.69) is 0 Å². The van der Waals surface area contributed by atoms with E-state index in [0.29, 0.717) is 31.7 Å². The van der Waals surface area contributed by atoms with Gasteiger partial charge in [0.15, 0.2) is 6.29 Å². The van der Waals surface area contributed by atoms with E-state index in [1.165, 1.54) is 16.4 Å². The van der Waals surface area contributed by atoms with Crippen LogP contribution < -0.4 is 0 Å². The number of ether oxygens (including phenoxy) is 3. The van der Waals surface area contributed by atoms with Gasteiger partial charge in [0.05, 0.1) is 30.6 Å². The zero-order valence-electron chi connectivity index (χ0n) is 25.5. The number of carbonyl (C=O) groups excluding carboxylic acids is 2. The van der Waals surface area contributed by atoms with Gasteiger partial charge in [-0.15, -0.1) is 0 Å². The summed E-state index contributed by atoms with van der Waals surface area (Å²) in [6, 6.07) is 14.2.